The molecule has 8 atom stereocenters. The molecule has 0 unspecified atom stereocenters. The van der Waals surface area contributed by atoms with E-state index in [1.54, 1.807) is 66.8 Å². The van der Waals surface area contributed by atoms with Gasteiger partial charge in [-0.25, -0.2) is 0 Å². The fourth-order valence-corrected chi connectivity index (χ4v) is 14.6. The first-order valence-electron chi connectivity index (χ1n) is 20.1. The van der Waals surface area contributed by atoms with Crippen LogP contribution in [-0.4, -0.2) is 0 Å². The molecule has 5 aromatic rings. The van der Waals surface area contributed by atoms with E-state index < -0.39 is 0 Å². The van der Waals surface area contributed by atoms with Crippen LogP contribution in [-0.2, 0) is 9.47 Å². The van der Waals surface area contributed by atoms with Crippen molar-refractivity contribution < 1.29 is 9.47 Å². The van der Waals surface area contributed by atoms with E-state index in [2.05, 4.69) is 109 Å². The van der Waals surface area contributed by atoms with Gasteiger partial charge in [0.2, 0.25) is 0 Å². The summed E-state index contributed by atoms with van der Waals surface area (Å²) < 4.78 is 14.3. The van der Waals surface area contributed by atoms with Gasteiger partial charge in [-0.15, -0.1) is 0 Å². The van der Waals surface area contributed by atoms with Crippen molar-refractivity contribution in [2.24, 2.45) is 23.7 Å². The fourth-order valence-electron chi connectivity index (χ4n) is 14.6. The van der Waals surface area contributed by atoms with E-state index in [9.17, 15) is 0 Å². The largest absolute Gasteiger partial charge is 0.365 e. The molecule has 2 heteroatoms. The Balaban J connectivity index is 0.798. The Hall–Kier alpha value is -4.50. The maximum Gasteiger partial charge on any atom is 0.0872 e. The van der Waals surface area contributed by atoms with Gasteiger partial charge in [0.25, 0.3) is 0 Å². The van der Waals surface area contributed by atoms with Crippen LogP contribution >= 0.6 is 0 Å². The summed E-state index contributed by atoms with van der Waals surface area (Å²) in [6, 6.07) is 42.6. The van der Waals surface area contributed by atoms with Crippen LogP contribution in [0.1, 0.15) is 141 Å². The van der Waals surface area contributed by atoms with Gasteiger partial charge < -0.3 is 9.47 Å². The Bertz CT molecular complexity index is 2150. The second kappa shape index (κ2) is 8.99. The smallest absolute Gasteiger partial charge is 0.0872 e. The van der Waals surface area contributed by atoms with Crippen LogP contribution in [0.4, 0.5) is 0 Å². The number of benzene rings is 5. The third kappa shape index (κ3) is 2.93. The van der Waals surface area contributed by atoms with Gasteiger partial charge in [0.1, 0.15) is 0 Å². The average molecular weight is 671 g/mol. The summed E-state index contributed by atoms with van der Waals surface area (Å²) in [6.45, 7) is 0. The van der Waals surface area contributed by atoms with Crippen molar-refractivity contribution in [3.8, 4) is 0 Å². The van der Waals surface area contributed by atoms with E-state index in [-0.39, 0.29) is 24.4 Å². The zero-order valence-electron chi connectivity index (χ0n) is 29.0. The van der Waals surface area contributed by atoms with Gasteiger partial charge in [0, 0.05) is 23.7 Å². The Kier molecular flexibility index (Phi) is 4.69. The molecule has 2 nitrogen and oxygen atoms in total. The second-order valence-corrected chi connectivity index (χ2v) is 17.9. The van der Waals surface area contributed by atoms with Crippen molar-refractivity contribution in [3.63, 3.8) is 0 Å². The molecule has 2 saturated heterocycles. The highest BCUT2D eigenvalue weighted by atomic mass is 16.5. The highest BCUT2D eigenvalue weighted by Gasteiger charge is 2.61. The van der Waals surface area contributed by atoms with Crippen molar-refractivity contribution in [1.82, 2.24) is 0 Å². The first-order chi connectivity index (χ1) is 25.8. The number of allylic oxidation sites excluding steroid dienone is 4. The standard InChI is InChI=1S/C50H38O2/c1-2-10-24-23(9-1)43-25-11-3-4-12-26(25)44(24)32-18-36-35(17-31(32)43)47-39-21-41-42(22-40(39)48(36)51-47)50-38-20-34-33(19-37(38)49(41)52-50)45-27-13-5-7-15-29(27)46(34)30-16-8-6-14-28(30)45/h1-16,21-22,35-38,43-50H,17-20H2/t35-,36+,37+,38-,43?,44?,45?,46?,47-,48-,49+,50+. The average Bonchev–Trinajstić information content (AvgIpc) is 3.97. The van der Waals surface area contributed by atoms with E-state index in [1.807, 2.05) is 0 Å². The number of rotatable bonds is 0. The normalized spacial score (nSPS) is 37.4. The molecule has 0 amide bonds. The number of fused-ring (bicyclic) bond motifs is 16. The molecule has 8 bridgehead atoms. The van der Waals surface area contributed by atoms with Crippen molar-refractivity contribution in [2.45, 2.75) is 73.8 Å². The number of ether oxygens (including phenoxy) is 2. The van der Waals surface area contributed by atoms with Crippen molar-refractivity contribution in [2.75, 3.05) is 0 Å². The van der Waals surface area contributed by atoms with Gasteiger partial charge in [-0.3, -0.25) is 0 Å². The van der Waals surface area contributed by atoms with Crippen LogP contribution in [0.2, 0.25) is 0 Å². The fraction of sp³-hybridized carbons (Fsp3) is 0.320. The summed E-state index contributed by atoms with van der Waals surface area (Å²) in [5.74, 6) is 3.92. The topological polar surface area (TPSA) is 18.5 Å². The van der Waals surface area contributed by atoms with Crippen molar-refractivity contribution in [1.29, 1.82) is 0 Å². The first-order valence-corrected chi connectivity index (χ1v) is 20.1. The lowest BCUT2D eigenvalue weighted by Gasteiger charge is -2.49. The van der Waals surface area contributed by atoms with Gasteiger partial charge in [-0.1, -0.05) is 119 Å². The van der Waals surface area contributed by atoms with Crippen LogP contribution in [0.5, 0.6) is 0 Å². The van der Waals surface area contributed by atoms with E-state index in [1.165, 1.54) is 47.9 Å². The predicted molar refractivity (Wildman–Crippen MR) is 199 cm³/mol. The van der Waals surface area contributed by atoms with Gasteiger partial charge in [0.15, 0.2) is 0 Å². The van der Waals surface area contributed by atoms with Crippen LogP contribution in [0.25, 0.3) is 0 Å². The summed E-state index contributed by atoms with van der Waals surface area (Å²) in [6.07, 6.45) is 5.57. The summed E-state index contributed by atoms with van der Waals surface area (Å²) in [4.78, 5) is 0. The van der Waals surface area contributed by atoms with Crippen LogP contribution in [0, 0.1) is 23.7 Å². The minimum Gasteiger partial charge on any atom is -0.365 e. The molecular formula is C50H38O2. The molecule has 0 spiro atoms. The maximum absolute atomic E-state index is 7.14. The maximum atomic E-state index is 7.14. The summed E-state index contributed by atoms with van der Waals surface area (Å²) in [7, 11) is 0. The van der Waals surface area contributed by atoms with E-state index in [0.717, 1.165) is 0 Å². The highest BCUT2D eigenvalue weighted by molar-refractivity contribution is 5.68. The van der Waals surface area contributed by atoms with Crippen LogP contribution < -0.4 is 0 Å². The summed E-state index contributed by atoms with van der Waals surface area (Å²) in [5, 5.41) is 0. The van der Waals surface area contributed by atoms with Gasteiger partial charge in [0.05, 0.1) is 24.4 Å². The SMILES string of the molecule is c1ccc2c(c1)C1C3=C(C[C@H]4[C@@H](C3)[C@@H]3O[C@@H]4c4cc5c(cc43)[C@@H]3O[C@@H]5[C@@H]4CC5=C(C[C@@H]43)C3c4ccccc4C5c4ccccc43)C2c2ccccc21. The highest BCUT2D eigenvalue weighted by Crippen LogP contribution is 2.72. The third-order valence-corrected chi connectivity index (χ3v) is 16.3. The Labute approximate surface area is 304 Å². The minimum absolute atomic E-state index is 0.216. The Morgan fingerprint density at radius 2 is 0.500 bits per heavy atom. The molecule has 5 aromatic carbocycles. The monoisotopic (exact) mass is 670 g/mol. The van der Waals surface area contributed by atoms with E-state index >= 15 is 0 Å². The molecule has 8 aliphatic carbocycles. The van der Waals surface area contributed by atoms with E-state index in [0.29, 0.717) is 47.3 Å². The molecule has 0 saturated carbocycles. The van der Waals surface area contributed by atoms with E-state index in [4.69, 9.17) is 9.47 Å². The molecule has 52 heavy (non-hydrogen) atoms. The lowest BCUT2D eigenvalue weighted by Crippen LogP contribution is -2.37. The number of hydrogen-bond acceptors (Lipinski definition) is 2. The molecule has 12 aliphatic rings. The summed E-state index contributed by atoms with van der Waals surface area (Å²) >= 11 is 0. The van der Waals surface area contributed by atoms with Crippen LogP contribution in [0.3, 0.4) is 0 Å². The number of hydrogen-bond donors (Lipinski definition) is 0. The molecule has 250 valence electrons. The van der Waals surface area contributed by atoms with Gasteiger partial charge >= 0.3 is 0 Å². The predicted octanol–water partition coefficient (Wildman–Crippen LogP) is 11.2. The summed E-state index contributed by atoms with van der Waals surface area (Å²) in [5.41, 5.74) is 25.3. The Morgan fingerprint density at radius 1 is 0.288 bits per heavy atom. The molecule has 4 heterocycles. The Morgan fingerprint density at radius 3 is 0.712 bits per heavy atom. The second-order valence-electron chi connectivity index (χ2n) is 17.9. The van der Waals surface area contributed by atoms with Crippen LogP contribution in [0.15, 0.2) is 131 Å². The van der Waals surface area contributed by atoms with Gasteiger partial charge in [-0.2, -0.15) is 0 Å². The molecule has 2 fully saturated rings. The van der Waals surface area contributed by atoms with Crippen molar-refractivity contribution in [3.05, 3.63) is 198 Å². The zero-order valence-corrected chi connectivity index (χ0v) is 29.0. The van der Waals surface area contributed by atoms with Gasteiger partial charge in [-0.05, 0) is 128 Å². The molecule has 17 rings (SSSR count). The first kappa shape index (κ1) is 27.2. The molecular weight excluding hydrogens is 633 g/mol. The lowest BCUT2D eigenvalue weighted by atomic mass is 9.53. The quantitative estimate of drug-likeness (QED) is 0.153. The molecule has 0 aromatic heterocycles. The zero-order chi connectivity index (χ0) is 33.1. The molecule has 0 radical (unpaired) electrons. The molecule has 0 N–H and O–H groups in total. The molecule has 4 aliphatic heterocycles. The lowest BCUT2D eigenvalue weighted by molar-refractivity contribution is 0.0506. The minimum atomic E-state index is 0.216. The van der Waals surface area contributed by atoms with Crippen molar-refractivity contribution >= 4 is 0 Å². The third-order valence-electron chi connectivity index (χ3n) is 16.3.